The summed E-state index contributed by atoms with van der Waals surface area (Å²) in [5.74, 6) is -1.49. The Labute approximate surface area is 156 Å². The summed E-state index contributed by atoms with van der Waals surface area (Å²) in [5, 5.41) is 18.3. The van der Waals surface area contributed by atoms with Gasteiger partial charge in [0.1, 0.15) is 11.6 Å². The first-order valence-electron chi connectivity index (χ1n) is 9.15. The van der Waals surface area contributed by atoms with Crippen molar-refractivity contribution in [3.05, 3.63) is 29.3 Å². The van der Waals surface area contributed by atoms with Crippen LogP contribution in [0.3, 0.4) is 0 Å². The molecule has 0 spiro atoms. The maximum Gasteiger partial charge on any atom is 0.488 e. The molecule has 0 saturated carbocycles. The minimum absolute atomic E-state index is 0.0295. The normalized spacial score (nSPS) is 17.6. The van der Waals surface area contributed by atoms with Crippen LogP contribution in [-0.4, -0.2) is 49.6 Å². The molecule has 0 aromatic heterocycles. The molecule has 0 aliphatic carbocycles. The molecule has 1 aliphatic rings. The van der Waals surface area contributed by atoms with E-state index in [2.05, 4.69) is 33.9 Å². The second kappa shape index (κ2) is 8.06. The van der Waals surface area contributed by atoms with E-state index in [1.165, 1.54) is 0 Å². The Kier molecular flexibility index (Phi) is 6.67. The lowest BCUT2D eigenvalue weighted by Gasteiger charge is -2.42. The molecule has 2 N–H and O–H groups in total. The minimum Gasteiger partial charge on any atom is -0.423 e. The van der Waals surface area contributed by atoms with Crippen LogP contribution in [0.15, 0.2) is 12.1 Å². The SMILES string of the molecule is CC(C)(C)[Si](C)(C)OC1CCN(Cc2c(F)cc(B(O)O)cc2F)CC1. The summed E-state index contributed by atoms with van der Waals surface area (Å²) in [6.07, 6.45) is 1.90. The molecule has 0 unspecified atom stereocenters. The van der Waals surface area contributed by atoms with Gasteiger partial charge in [-0.15, -0.1) is 0 Å². The van der Waals surface area contributed by atoms with Crippen molar-refractivity contribution in [2.45, 2.75) is 64.4 Å². The van der Waals surface area contributed by atoms with E-state index in [1.54, 1.807) is 0 Å². The van der Waals surface area contributed by atoms with Crippen LogP contribution in [-0.2, 0) is 11.0 Å². The molecule has 1 fully saturated rings. The highest BCUT2D eigenvalue weighted by atomic mass is 28.4. The molecule has 146 valence electrons. The fourth-order valence-electron chi connectivity index (χ4n) is 2.93. The number of nitrogens with zero attached hydrogens (tertiary/aromatic N) is 1. The third-order valence-corrected chi connectivity index (χ3v) is 10.2. The fourth-order valence-corrected chi connectivity index (χ4v) is 4.35. The van der Waals surface area contributed by atoms with Gasteiger partial charge in [0.15, 0.2) is 8.32 Å². The molecule has 2 rings (SSSR count). The minimum atomic E-state index is -1.88. The predicted molar refractivity (Wildman–Crippen MR) is 103 cm³/mol. The van der Waals surface area contributed by atoms with Crippen LogP contribution in [0.2, 0.25) is 18.1 Å². The van der Waals surface area contributed by atoms with Crippen molar-refractivity contribution in [1.82, 2.24) is 4.90 Å². The zero-order chi connectivity index (χ0) is 19.7. The van der Waals surface area contributed by atoms with Crippen molar-refractivity contribution in [3.63, 3.8) is 0 Å². The van der Waals surface area contributed by atoms with E-state index in [0.29, 0.717) is 0 Å². The smallest absolute Gasteiger partial charge is 0.423 e. The molecule has 4 nitrogen and oxygen atoms in total. The Morgan fingerprint density at radius 3 is 2.08 bits per heavy atom. The molecule has 1 saturated heterocycles. The Balaban J connectivity index is 1.95. The first-order valence-corrected chi connectivity index (χ1v) is 12.1. The molecule has 1 aromatic carbocycles. The Morgan fingerprint density at radius 1 is 1.15 bits per heavy atom. The van der Waals surface area contributed by atoms with Crippen LogP contribution in [0.4, 0.5) is 8.78 Å². The molecular formula is C18H30BF2NO3Si. The van der Waals surface area contributed by atoms with Gasteiger partial charge in [0.05, 0.1) is 0 Å². The molecule has 0 radical (unpaired) electrons. The van der Waals surface area contributed by atoms with Gasteiger partial charge in [-0.25, -0.2) is 8.78 Å². The molecular weight excluding hydrogens is 355 g/mol. The average molecular weight is 385 g/mol. The first kappa shape index (κ1) is 21.5. The molecule has 1 heterocycles. The summed E-state index contributed by atoms with van der Waals surface area (Å²) in [5.41, 5.74) is -0.205. The van der Waals surface area contributed by atoms with Crippen LogP contribution in [0.25, 0.3) is 0 Å². The molecule has 26 heavy (non-hydrogen) atoms. The second-order valence-corrected chi connectivity index (χ2v) is 13.4. The lowest BCUT2D eigenvalue weighted by Crippen LogP contribution is -2.47. The van der Waals surface area contributed by atoms with Crippen LogP contribution >= 0.6 is 0 Å². The summed E-state index contributed by atoms with van der Waals surface area (Å²) < 4.78 is 34.7. The fraction of sp³-hybridized carbons (Fsp3) is 0.667. The summed E-state index contributed by atoms with van der Waals surface area (Å²) in [4.78, 5) is 2.02. The molecule has 0 amide bonds. The van der Waals surface area contributed by atoms with Gasteiger partial charge in [-0.2, -0.15) is 0 Å². The number of likely N-dealkylation sites (tertiary alicyclic amines) is 1. The summed E-state index contributed by atoms with van der Waals surface area (Å²) in [6, 6.07) is 1.97. The Bertz CT molecular complexity index is 606. The maximum atomic E-state index is 14.1. The standard InChI is InChI=1S/C18H30BF2NO3Si/c1-18(2,3)26(4,5)25-14-6-8-22(9-7-14)12-15-16(20)10-13(19(23)24)11-17(15)21/h10-11,14,23-24H,6-9,12H2,1-5H3. The zero-order valence-electron chi connectivity index (χ0n) is 16.4. The summed E-state index contributed by atoms with van der Waals surface area (Å²) in [7, 11) is -3.69. The van der Waals surface area contributed by atoms with E-state index < -0.39 is 27.1 Å². The zero-order valence-corrected chi connectivity index (χ0v) is 17.4. The quantitative estimate of drug-likeness (QED) is 0.766. The van der Waals surface area contributed by atoms with Crippen molar-refractivity contribution in [2.24, 2.45) is 0 Å². The van der Waals surface area contributed by atoms with Crippen molar-refractivity contribution < 1.29 is 23.3 Å². The number of benzene rings is 1. The third-order valence-electron chi connectivity index (χ3n) is 5.65. The summed E-state index contributed by atoms with van der Waals surface area (Å²) >= 11 is 0. The second-order valence-electron chi connectivity index (χ2n) is 8.69. The van der Waals surface area contributed by atoms with E-state index in [9.17, 15) is 8.78 Å². The van der Waals surface area contributed by atoms with E-state index in [1.807, 2.05) is 4.90 Å². The number of hydrogen-bond acceptors (Lipinski definition) is 4. The molecule has 1 aliphatic heterocycles. The number of hydrogen-bond donors (Lipinski definition) is 2. The van der Waals surface area contributed by atoms with Gasteiger partial charge < -0.3 is 14.5 Å². The van der Waals surface area contributed by atoms with E-state index in [4.69, 9.17) is 14.5 Å². The van der Waals surface area contributed by atoms with E-state index >= 15 is 0 Å². The van der Waals surface area contributed by atoms with Crippen molar-refractivity contribution >= 4 is 20.9 Å². The van der Waals surface area contributed by atoms with E-state index in [0.717, 1.165) is 38.1 Å². The van der Waals surface area contributed by atoms with Crippen LogP contribution in [0, 0.1) is 11.6 Å². The number of piperidine rings is 1. The highest BCUT2D eigenvalue weighted by Crippen LogP contribution is 2.38. The van der Waals surface area contributed by atoms with Crippen molar-refractivity contribution in [2.75, 3.05) is 13.1 Å². The van der Waals surface area contributed by atoms with E-state index in [-0.39, 0.29) is 28.7 Å². The van der Waals surface area contributed by atoms with Gasteiger partial charge in [0.2, 0.25) is 0 Å². The first-order chi connectivity index (χ1) is 11.9. The highest BCUT2D eigenvalue weighted by Gasteiger charge is 2.39. The largest absolute Gasteiger partial charge is 0.488 e. The predicted octanol–water partition coefficient (Wildman–Crippen LogP) is 2.63. The number of rotatable bonds is 5. The molecule has 0 atom stereocenters. The Morgan fingerprint density at radius 2 is 1.65 bits per heavy atom. The topological polar surface area (TPSA) is 52.9 Å². The molecule has 1 aromatic rings. The summed E-state index contributed by atoms with van der Waals surface area (Å²) in [6.45, 7) is 12.7. The van der Waals surface area contributed by atoms with Gasteiger partial charge >= 0.3 is 7.12 Å². The lowest BCUT2D eigenvalue weighted by atomic mass is 9.79. The molecule has 8 heteroatoms. The van der Waals surface area contributed by atoms with Gasteiger partial charge in [-0.1, -0.05) is 20.8 Å². The number of halogens is 2. The average Bonchev–Trinajstić information content (AvgIpc) is 2.50. The van der Waals surface area contributed by atoms with Crippen molar-refractivity contribution in [3.8, 4) is 0 Å². The van der Waals surface area contributed by atoms with Crippen LogP contribution in [0.5, 0.6) is 0 Å². The van der Waals surface area contributed by atoms with Crippen LogP contribution < -0.4 is 5.46 Å². The third kappa shape index (κ3) is 5.13. The van der Waals surface area contributed by atoms with Crippen molar-refractivity contribution in [1.29, 1.82) is 0 Å². The maximum absolute atomic E-state index is 14.1. The molecule has 0 bridgehead atoms. The highest BCUT2D eigenvalue weighted by molar-refractivity contribution is 6.74. The van der Waals surface area contributed by atoms with Gasteiger partial charge in [-0.3, -0.25) is 4.90 Å². The van der Waals surface area contributed by atoms with Crippen LogP contribution in [0.1, 0.15) is 39.2 Å². The lowest BCUT2D eigenvalue weighted by molar-refractivity contribution is 0.0852. The van der Waals surface area contributed by atoms with Gasteiger partial charge in [0.25, 0.3) is 0 Å². The van der Waals surface area contributed by atoms with Gasteiger partial charge in [-0.05, 0) is 48.6 Å². The van der Waals surface area contributed by atoms with Gasteiger partial charge in [0, 0.05) is 31.3 Å². The Hall–Kier alpha value is -0.798. The monoisotopic (exact) mass is 385 g/mol.